The van der Waals surface area contributed by atoms with Crippen molar-refractivity contribution in [2.45, 2.75) is 19.4 Å². The van der Waals surface area contributed by atoms with Crippen LogP contribution in [0.5, 0.6) is 0 Å². The van der Waals surface area contributed by atoms with Gasteiger partial charge in [0.25, 0.3) is 0 Å². The summed E-state index contributed by atoms with van der Waals surface area (Å²) >= 11 is 6.77. The Balaban J connectivity index is 1.66. The molecule has 0 unspecified atom stereocenters. The Bertz CT molecular complexity index is 572. The summed E-state index contributed by atoms with van der Waals surface area (Å²) in [5.41, 5.74) is 2.42. The lowest BCUT2D eigenvalue weighted by Crippen LogP contribution is -2.17. The van der Waals surface area contributed by atoms with Gasteiger partial charge in [-0.15, -0.1) is 0 Å². The molecule has 0 aliphatic carbocycles. The molecule has 1 aliphatic rings. The average molecular weight is 400 g/mol. The summed E-state index contributed by atoms with van der Waals surface area (Å²) in [5.74, 6) is 0.898. The van der Waals surface area contributed by atoms with Crippen molar-refractivity contribution in [1.29, 1.82) is 0 Å². The smallest absolute Gasteiger partial charge is 0.183 e. The van der Waals surface area contributed by atoms with Crippen molar-refractivity contribution in [1.82, 2.24) is 0 Å². The second kappa shape index (κ2) is 6.22. The summed E-state index contributed by atoms with van der Waals surface area (Å²) in [6, 6.07) is 10.5. The molecule has 0 atom stereocenters. The highest BCUT2D eigenvalue weighted by molar-refractivity contribution is 9.13. The van der Waals surface area contributed by atoms with Crippen LogP contribution >= 0.6 is 31.9 Å². The van der Waals surface area contributed by atoms with E-state index in [-0.39, 0.29) is 0 Å². The van der Waals surface area contributed by atoms with Crippen molar-refractivity contribution < 1.29 is 4.42 Å². The van der Waals surface area contributed by atoms with Crippen LogP contribution in [0.15, 0.2) is 43.9 Å². The third kappa shape index (κ3) is 3.20. The minimum absolute atomic E-state index is 0.674. The highest BCUT2D eigenvalue weighted by Crippen LogP contribution is 2.28. The molecule has 106 valence electrons. The van der Waals surface area contributed by atoms with E-state index in [0.717, 1.165) is 20.6 Å². The molecule has 3 nitrogen and oxygen atoms in total. The van der Waals surface area contributed by atoms with Crippen LogP contribution in [0.4, 0.5) is 11.4 Å². The zero-order valence-corrected chi connectivity index (χ0v) is 14.2. The van der Waals surface area contributed by atoms with Crippen LogP contribution in [0, 0.1) is 0 Å². The zero-order valence-electron chi connectivity index (χ0n) is 11.0. The van der Waals surface area contributed by atoms with Gasteiger partial charge < -0.3 is 14.6 Å². The molecule has 20 heavy (non-hydrogen) atoms. The van der Waals surface area contributed by atoms with Gasteiger partial charge in [-0.3, -0.25) is 0 Å². The Labute approximate surface area is 135 Å². The van der Waals surface area contributed by atoms with Gasteiger partial charge in [-0.05, 0) is 69.0 Å². The number of anilines is 2. The first kappa shape index (κ1) is 14.0. The SMILES string of the molecule is Brc1cc(CNc2cccc(N3CCCC3)c2)oc1Br. The molecular formula is C15H16Br2N2O. The minimum atomic E-state index is 0.674. The maximum atomic E-state index is 5.56. The van der Waals surface area contributed by atoms with E-state index in [2.05, 4.69) is 66.3 Å². The molecule has 1 N–H and O–H groups in total. The molecule has 0 saturated carbocycles. The largest absolute Gasteiger partial charge is 0.451 e. The Kier molecular flexibility index (Phi) is 4.36. The maximum absolute atomic E-state index is 5.56. The number of nitrogens with zero attached hydrogens (tertiary/aromatic N) is 1. The molecule has 2 heterocycles. The van der Waals surface area contributed by atoms with Crippen molar-refractivity contribution in [2.24, 2.45) is 0 Å². The van der Waals surface area contributed by atoms with Crippen LogP contribution in [0.3, 0.4) is 0 Å². The summed E-state index contributed by atoms with van der Waals surface area (Å²) in [6.07, 6.45) is 2.60. The van der Waals surface area contributed by atoms with E-state index in [1.807, 2.05) is 6.07 Å². The van der Waals surface area contributed by atoms with Crippen LogP contribution in [0.2, 0.25) is 0 Å². The Morgan fingerprint density at radius 1 is 1.15 bits per heavy atom. The summed E-state index contributed by atoms with van der Waals surface area (Å²) in [5, 5.41) is 3.40. The number of rotatable bonds is 4. The van der Waals surface area contributed by atoms with Gasteiger partial charge in [0.15, 0.2) is 4.67 Å². The van der Waals surface area contributed by atoms with Crippen molar-refractivity contribution >= 4 is 43.2 Å². The molecule has 0 bridgehead atoms. The van der Waals surface area contributed by atoms with Gasteiger partial charge in [0.2, 0.25) is 0 Å². The minimum Gasteiger partial charge on any atom is -0.451 e. The van der Waals surface area contributed by atoms with Crippen molar-refractivity contribution in [2.75, 3.05) is 23.3 Å². The summed E-state index contributed by atoms with van der Waals surface area (Å²) in [7, 11) is 0. The van der Waals surface area contributed by atoms with Gasteiger partial charge in [-0.25, -0.2) is 0 Å². The molecule has 1 aliphatic heterocycles. The number of benzene rings is 1. The maximum Gasteiger partial charge on any atom is 0.183 e. The zero-order chi connectivity index (χ0) is 13.9. The van der Waals surface area contributed by atoms with Crippen LogP contribution in [-0.2, 0) is 6.54 Å². The predicted octanol–water partition coefficient (Wildman–Crippen LogP) is 5.02. The quantitative estimate of drug-likeness (QED) is 0.782. The molecule has 1 fully saturated rings. The van der Waals surface area contributed by atoms with E-state index in [1.54, 1.807) is 0 Å². The van der Waals surface area contributed by atoms with Gasteiger partial charge in [0, 0.05) is 24.5 Å². The lowest BCUT2D eigenvalue weighted by Gasteiger charge is -2.18. The van der Waals surface area contributed by atoms with Crippen LogP contribution < -0.4 is 10.2 Å². The average Bonchev–Trinajstić information content (AvgIpc) is 3.08. The first-order valence-corrected chi connectivity index (χ1v) is 8.33. The van der Waals surface area contributed by atoms with Gasteiger partial charge in [-0.1, -0.05) is 6.07 Å². The highest BCUT2D eigenvalue weighted by atomic mass is 79.9. The number of furan rings is 1. The predicted molar refractivity (Wildman–Crippen MR) is 89.3 cm³/mol. The molecular weight excluding hydrogens is 384 g/mol. The second-order valence-corrected chi connectivity index (χ2v) is 6.51. The van der Waals surface area contributed by atoms with E-state index < -0.39 is 0 Å². The Morgan fingerprint density at radius 3 is 2.65 bits per heavy atom. The molecule has 0 spiro atoms. The molecule has 5 heteroatoms. The van der Waals surface area contributed by atoms with E-state index in [1.165, 1.54) is 31.6 Å². The number of hydrogen-bond acceptors (Lipinski definition) is 3. The fourth-order valence-corrected chi connectivity index (χ4v) is 3.11. The van der Waals surface area contributed by atoms with Gasteiger partial charge in [-0.2, -0.15) is 0 Å². The molecule has 3 rings (SSSR count). The van der Waals surface area contributed by atoms with Gasteiger partial charge >= 0.3 is 0 Å². The highest BCUT2D eigenvalue weighted by Gasteiger charge is 2.12. The molecule has 1 saturated heterocycles. The Hall–Kier alpha value is -0.940. The van der Waals surface area contributed by atoms with Crippen LogP contribution in [-0.4, -0.2) is 13.1 Å². The van der Waals surface area contributed by atoms with Gasteiger partial charge in [0.05, 0.1) is 11.0 Å². The molecule has 0 amide bonds. The van der Waals surface area contributed by atoms with Crippen LogP contribution in [0.25, 0.3) is 0 Å². The van der Waals surface area contributed by atoms with Crippen molar-refractivity contribution in [3.8, 4) is 0 Å². The van der Waals surface area contributed by atoms with Crippen molar-refractivity contribution in [3.05, 3.63) is 45.2 Å². The first-order valence-electron chi connectivity index (χ1n) is 6.75. The molecule has 0 radical (unpaired) electrons. The summed E-state index contributed by atoms with van der Waals surface area (Å²) < 4.78 is 7.24. The standard InChI is InChI=1S/C15H16Br2N2O/c16-14-9-13(20-15(14)17)10-18-11-4-3-5-12(8-11)19-6-1-2-7-19/h3-5,8-9,18H,1-2,6-7,10H2. The second-order valence-electron chi connectivity index (χ2n) is 4.93. The topological polar surface area (TPSA) is 28.4 Å². The van der Waals surface area contributed by atoms with E-state index in [0.29, 0.717) is 6.54 Å². The molecule has 1 aromatic heterocycles. The van der Waals surface area contributed by atoms with Gasteiger partial charge in [0.1, 0.15) is 5.76 Å². The fraction of sp³-hybridized carbons (Fsp3) is 0.333. The molecule has 1 aromatic carbocycles. The van der Waals surface area contributed by atoms with E-state index in [9.17, 15) is 0 Å². The number of nitrogens with one attached hydrogen (secondary N) is 1. The normalized spacial score (nSPS) is 14.8. The third-order valence-electron chi connectivity index (χ3n) is 3.48. The lowest BCUT2D eigenvalue weighted by atomic mass is 10.2. The Morgan fingerprint density at radius 2 is 1.95 bits per heavy atom. The first-order chi connectivity index (χ1) is 9.72. The van der Waals surface area contributed by atoms with E-state index >= 15 is 0 Å². The third-order valence-corrected chi connectivity index (χ3v) is 5.19. The number of halogens is 2. The molecule has 2 aromatic rings. The monoisotopic (exact) mass is 398 g/mol. The van der Waals surface area contributed by atoms with E-state index in [4.69, 9.17) is 4.42 Å². The fourth-order valence-electron chi connectivity index (χ4n) is 2.46. The summed E-state index contributed by atoms with van der Waals surface area (Å²) in [6.45, 7) is 3.01. The summed E-state index contributed by atoms with van der Waals surface area (Å²) in [4.78, 5) is 2.44. The van der Waals surface area contributed by atoms with Crippen LogP contribution in [0.1, 0.15) is 18.6 Å². The lowest BCUT2D eigenvalue weighted by molar-refractivity contribution is 0.494. The van der Waals surface area contributed by atoms with Crippen molar-refractivity contribution in [3.63, 3.8) is 0 Å². The number of hydrogen-bond donors (Lipinski definition) is 1.